The monoisotopic (exact) mass is 487 g/mol. The number of pyridine rings is 1. The maximum absolute atomic E-state index is 13.6. The summed E-state index contributed by atoms with van der Waals surface area (Å²) in [6.45, 7) is 1.90. The van der Waals surface area contributed by atoms with E-state index in [4.69, 9.17) is 0 Å². The van der Waals surface area contributed by atoms with E-state index < -0.39 is 23.1 Å². The molecule has 2 N–H and O–H groups in total. The van der Waals surface area contributed by atoms with Crippen LogP contribution in [0.15, 0.2) is 71.8 Å². The van der Waals surface area contributed by atoms with Crippen LogP contribution in [0.4, 0.5) is 8.78 Å². The van der Waals surface area contributed by atoms with Crippen molar-refractivity contribution in [2.24, 2.45) is 7.05 Å². The van der Waals surface area contributed by atoms with Crippen LogP contribution in [0.25, 0.3) is 22.2 Å². The van der Waals surface area contributed by atoms with Gasteiger partial charge in [-0.05, 0) is 53.9 Å². The second-order valence-electron chi connectivity index (χ2n) is 8.58. The lowest BCUT2D eigenvalue weighted by molar-refractivity contribution is 0.0949. The van der Waals surface area contributed by atoms with Crippen molar-refractivity contribution in [1.29, 1.82) is 0 Å². The smallest absolute Gasteiger partial charge is 0.280 e. The Balaban J connectivity index is 1.35. The first-order valence-corrected chi connectivity index (χ1v) is 11.3. The normalized spacial score (nSPS) is 11.2. The minimum Gasteiger partial charge on any atom is -0.348 e. The van der Waals surface area contributed by atoms with Gasteiger partial charge in [-0.15, -0.1) is 0 Å². The molecule has 0 aliphatic rings. The van der Waals surface area contributed by atoms with Gasteiger partial charge in [-0.25, -0.2) is 18.4 Å². The van der Waals surface area contributed by atoms with E-state index in [9.17, 15) is 18.4 Å². The van der Waals surface area contributed by atoms with Crippen LogP contribution < -0.4 is 10.9 Å². The molecule has 5 aromatic rings. The molecule has 0 spiro atoms. The molecule has 9 heteroatoms. The van der Waals surface area contributed by atoms with Gasteiger partial charge in [-0.1, -0.05) is 24.3 Å². The van der Waals surface area contributed by atoms with Crippen molar-refractivity contribution in [2.45, 2.75) is 20.0 Å². The Morgan fingerprint density at radius 3 is 2.69 bits per heavy atom. The number of carbonyl (C=O) groups is 1. The molecule has 0 aliphatic carbocycles. The van der Waals surface area contributed by atoms with E-state index >= 15 is 0 Å². The summed E-state index contributed by atoms with van der Waals surface area (Å²) in [6.07, 6.45) is 3.63. The molecule has 2 aromatic carbocycles. The van der Waals surface area contributed by atoms with Crippen molar-refractivity contribution in [1.82, 2.24) is 24.6 Å². The number of nitrogens with one attached hydrogen (secondary N) is 2. The third-order valence-electron chi connectivity index (χ3n) is 6.34. The predicted octanol–water partition coefficient (Wildman–Crippen LogP) is 4.30. The summed E-state index contributed by atoms with van der Waals surface area (Å²) in [5.41, 5.74) is 4.04. The van der Waals surface area contributed by atoms with Crippen molar-refractivity contribution in [2.75, 3.05) is 0 Å². The number of fused-ring (bicyclic) bond motifs is 1. The Morgan fingerprint density at radius 2 is 1.89 bits per heavy atom. The molecular formula is C27H23F2N5O2. The molecule has 0 atom stereocenters. The maximum Gasteiger partial charge on any atom is 0.280 e. The molecule has 3 heterocycles. The quantitative estimate of drug-likeness (QED) is 0.375. The van der Waals surface area contributed by atoms with Gasteiger partial charge in [0.1, 0.15) is 11.2 Å². The third-order valence-corrected chi connectivity index (χ3v) is 6.34. The minimum absolute atomic E-state index is 0.00216. The Bertz CT molecular complexity index is 1660. The highest BCUT2D eigenvalue weighted by atomic mass is 19.2. The number of hydrogen-bond donors (Lipinski definition) is 2. The fourth-order valence-corrected chi connectivity index (χ4v) is 4.33. The van der Waals surface area contributed by atoms with Gasteiger partial charge < -0.3 is 10.3 Å². The second kappa shape index (κ2) is 9.26. The SMILES string of the molecule is Cc1c(C(=O)NCc2cccc(-c3c[nH]c4ncccc34)c2)c(=O)n(Cc2ccc(F)c(F)c2)n1C. The zero-order valence-corrected chi connectivity index (χ0v) is 19.7. The predicted molar refractivity (Wildman–Crippen MR) is 133 cm³/mol. The third kappa shape index (κ3) is 4.19. The maximum atomic E-state index is 13.6. The van der Waals surface area contributed by atoms with Crippen LogP contribution in [0.5, 0.6) is 0 Å². The van der Waals surface area contributed by atoms with Crippen LogP contribution in [-0.2, 0) is 20.1 Å². The highest BCUT2D eigenvalue weighted by molar-refractivity contribution is 5.95. The molecule has 0 radical (unpaired) electrons. The summed E-state index contributed by atoms with van der Waals surface area (Å²) in [6, 6.07) is 15.1. The number of aromatic amines is 1. The lowest BCUT2D eigenvalue weighted by Crippen LogP contribution is -2.30. The Kier molecular flexibility index (Phi) is 5.97. The van der Waals surface area contributed by atoms with Crippen molar-refractivity contribution < 1.29 is 13.6 Å². The first-order chi connectivity index (χ1) is 17.3. The number of aromatic nitrogens is 4. The lowest BCUT2D eigenvalue weighted by Gasteiger charge is -2.08. The van der Waals surface area contributed by atoms with E-state index in [1.54, 1.807) is 24.9 Å². The molecule has 5 rings (SSSR count). The molecular weight excluding hydrogens is 464 g/mol. The topological polar surface area (TPSA) is 84.7 Å². The largest absolute Gasteiger partial charge is 0.348 e. The first-order valence-electron chi connectivity index (χ1n) is 11.3. The second-order valence-corrected chi connectivity index (χ2v) is 8.58. The number of hydrogen-bond acceptors (Lipinski definition) is 3. The zero-order chi connectivity index (χ0) is 25.4. The highest BCUT2D eigenvalue weighted by Crippen LogP contribution is 2.28. The van der Waals surface area contributed by atoms with Gasteiger partial charge in [0.05, 0.1) is 6.54 Å². The number of halogens is 2. The van der Waals surface area contributed by atoms with Gasteiger partial charge in [0.25, 0.3) is 11.5 Å². The van der Waals surface area contributed by atoms with Gasteiger partial charge in [-0.3, -0.25) is 14.3 Å². The molecule has 0 unspecified atom stereocenters. The van der Waals surface area contributed by atoms with Crippen molar-refractivity contribution >= 4 is 16.9 Å². The summed E-state index contributed by atoms with van der Waals surface area (Å²) in [5.74, 6) is -2.45. The van der Waals surface area contributed by atoms with E-state index in [-0.39, 0.29) is 18.7 Å². The number of benzene rings is 2. The summed E-state index contributed by atoms with van der Waals surface area (Å²) in [7, 11) is 1.65. The number of nitrogens with zero attached hydrogens (tertiary/aromatic N) is 3. The summed E-state index contributed by atoms with van der Waals surface area (Å²) in [5, 5.41) is 3.83. The highest BCUT2D eigenvalue weighted by Gasteiger charge is 2.21. The average molecular weight is 488 g/mol. The van der Waals surface area contributed by atoms with Crippen LogP contribution in [-0.4, -0.2) is 25.2 Å². The summed E-state index contributed by atoms with van der Waals surface area (Å²) >= 11 is 0. The molecule has 0 aliphatic heterocycles. The average Bonchev–Trinajstić information content (AvgIpc) is 3.40. The lowest BCUT2D eigenvalue weighted by atomic mass is 10.0. The van der Waals surface area contributed by atoms with Gasteiger partial charge in [-0.2, -0.15) is 0 Å². The van der Waals surface area contributed by atoms with Crippen LogP contribution >= 0.6 is 0 Å². The number of H-pyrrole nitrogens is 1. The van der Waals surface area contributed by atoms with Crippen LogP contribution in [0.2, 0.25) is 0 Å². The Morgan fingerprint density at radius 1 is 1.06 bits per heavy atom. The minimum atomic E-state index is -0.990. The van der Waals surface area contributed by atoms with Crippen molar-refractivity contribution in [3.8, 4) is 11.1 Å². The van der Waals surface area contributed by atoms with Crippen molar-refractivity contribution in [3.63, 3.8) is 0 Å². The van der Waals surface area contributed by atoms with E-state index in [1.165, 1.54) is 10.7 Å². The summed E-state index contributed by atoms with van der Waals surface area (Å²) < 4.78 is 29.7. The van der Waals surface area contributed by atoms with Crippen LogP contribution in [0.3, 0.4) is 0 Å². The molecule has 182 valence electrons. The summed E-state index contributed by atoms with van der Waals surface area (Å²) in [4.78, 5) is 33.5. The fourth-order valence-electron chi connectivity index (χ4n) is 4.33. The van der Waals surface area contributed by atoms with Gasteiger partial charge in [0.15, 0.2) is 11.6 Å². The number of amides is 1. The molecule has 1 amide bonds. The van der Waals surface area contributed by atoms with E-state index in [1.807, 2.05) is 42.6 Å². The molecule has 36 heavy (non-hydrogen) atoms. The number of rotatable bonds is 6. The first kappa shape index (κ1) is 23.2. The number of carbonyl (C=O) groups excluding carboxylic acids is 1. The fraction of sp³-hybridized carbons (Fsp3) is 0.148. The van der Waals surface area contributed by atoms with E-state index in [0.29, 0.717) is 11.3 Å². The molecule has 0 saturated heterocycles. The molecule has 0 fully saturated rings. The van der Waals surface area contributed by atoms with Crippen LogP contribution in [0.1, 0.15) is 27.2 Å². The zero-order valence-electron chi connectivity index (χ0n) is 19.7. The Hall–Kier alpha value is -4.53. The molecule has 7 nitrogen and oxygen atoms in total. The van der Waals surface area contributed by atoms with E-state index in [2.05, 4.69) is 15.3 Å². The van der Waals surface area contributed by atoms with Gasteiger partial charge >= 0.3 is 0 Å². The molecule has 0 bridgehead atoms. The molecule has 3 aromatic heterocycles. The van der Waals surface area contributed by atoms with Gasteiger partial charge in [0, 0.05) is 42.6 Å². The molecule has 0 saturated carbocycles. The van der Waals surface area contributed by atoms with Gasteiger partial charge in [0.2, 0.25) is 0 Å². The van der Waals surface area contributed by atoms with Crippen LogP contribution in [0, 0.1) is 18.6 Å². The van der Waals surface area contributed by atoms with E-state index in [0.717, 1.165) is 39.9 Å². The standard InChI is InChI=1S/C27H23F2N5O2/c1-16-24(27(36)34(33(16)2)15-18-8-9-22(28)23(29)12-18)26(35)32-13-17-5-3-6-19(11-17)21-14-31-25-20(21)7-4-10-30-25/h3-12,14H,13,15H2,1-2H3,(H,30,31)(H,32,35). The van der Waals surface area contributed by atoms with Crippen molar-refractivity contribution in [3.05, 3.63) is 111 Å². The Labute approximate surface area is 205 Å².